The highest BCUT2D eigenvalue weighted by molar-refractivity contribution is 7.18. The van der Waals surface area contributed by atoms with E-state index in [-0.39, 0.29) is 23.1 Å². The second-order valence-electron chi connectivity index (χ2n) is 10.4. The molecule has 1 unspecified atom stereocenters. The van der Waals surface area contributed by atoms with Crippen LogP contribution in [0.3, 0.4) is 0 Å². The maximum Gasteiger partial charge on any atom is 0.433 e. The number of aliphatic imine (C=N–C) groups is 1. The second kappa shape index (κ2) is 12.0. The number of carbonyl (C=O) groups excluding carboxylic acids is 2. The van der Waals surface area contributed by atoms with Crippen LogP contribution in [-0.2, 0) is 4.74 Å². The van der Waals surface area contributed by atoms with E-state index in [4.69, 9.17) is 14.7 Å². The fraction of sp³-hybridized carbons (Fsp3) is 0.333. The van der Waals surface area contributed by atoms with E-state index in [0.29, 0.717) is 39.5 Å². The summed E-state index contributed by atoms with van der Waals surface area (Å²) in [5.41, 5.74) is 0.755. The van der Waals surface area contributed by atoms with Crippen molar-refractivity contribution in [1.82, 2.24) is 4.90 Å². The number of methoxy groups -OCH3 is 1. The summed E-state index contributed by atoms with van der Waals surface area (Å²) in [5, 5.41) is 9.13. The van der Waals surface area contributed by atoms with Gasteiger partial charge >= 0.3 is 6.09 Å². The van der Waals surface area contributed by atoms with Crippen molar-refractivity contribution in [2.75, 3.05) is 20.2 Å². The Morgan fingerprint density at radius 1 is 1.12 bits per heavy atom. The SMILES string of the molecule is COc1ccc(-c2sc(C(=O)N3CCCC(/C=N/C(=O)OC(C)(C)C)C3)cc2-c2ccc(C#N)c(F)c2)cc1F. The van der Waals surface area contributed by atoms with Crippen LogP contribution >= 0.6 is 11.3 Å². The maximum atomic E-state index is 14.6. The van der Waals surface area contributed by atoms with Gasteiger partial charge in [0.1, 0.15) is 17.5 Å². The highest BCUT2D eigenvalue weighted by atomic mass is 32.1. The van der Waals surface area contributed by atoms with Crippen LogP contribution in [0.5, 0.6) is 5.75 Å². The summed E-state index contributed by atoms with van der Waals surface area (Å²) in [5.74, 6) is -1.52. The number of amides is 2. The molecule has 1 saturated heterocycles. The molecule has 0 spiro atoms. The van der Waals surface area contributed by atoms with Gasteiger partial charge in [-0.15, -0.1) is 11.3 Å². The molecule has 0 N–H and O–H groups in total. The third-order valence-corrected chi connectivity index (χ3v) is 7.46. The summed E-state index contributed by atoms with van der Waals surface area (Å²) in [7, 11) is 1.37. The second-order valence-corrected chi connectivity index (χ2v) is 11.5. The molecule has 0 saturated carbocycles. The Hall–Kier alpha value is -4.10. The molecular weight excluding hydrogens is 536 g/mol. The first-order valence-corrected chi connectivity index (χ1v) is 13.5. The summed E-state index contributed by atoms with van der Waals surface area (Å²) >= 11 is 1.18. The number of benzene rings is 2. The van der Waals surface area contributed by atoms with Gasteiger partial charge in [-0.2, -0.15) is 10.3 Å². The van der Waals surface area contributed by atoms with Gasteiger partial charge in [-0.1, -0.05) is 6.07 Å². The molecule has 208 valence electrons. The molecule has 2 amide bonds. The van der Waals surface area contributed by atoms with Crippen molar-refractivity contribution in [2.24, 2.45) is 10.9 Å². The van der Waals surface area contributed by atoms with Gasteiger partial charge in [0.05, 0.1) is 17.6 Å². The molecular formula is C30H29F2N3O4S. The van der Waals surface area contributed by atoms with Crippen molar-refractivity contribution in [2.45, 2.75) is 39.2 Å². The Morgan fingerprint density at radius 3 is 2.50 bits per heavy atom. The number of thiophene rings is 1. The molecule has 2 aromatic carbocycles. The molecule has 0 radical (unpaired) electrons. The van der Waals surface area contributed by atoms with Gasteiger partial charge in [0, 0.05) is 35.7 Å². The molecule has 7 nitrogen and oxygen atoms in total. The standard InChI is InChI=1S/C30H29F2N3O4S/c1-30(2,3)39-29(37)34-16-18-6-5-11-35(17-18)28(36)26-14-22(19-7-8-21(15-33)23(31)12-19)27(40-26)20-9-10-25(38-4)24(32)13-20/h7-10,12-14,16,18H,5-6,11,17H2,1-4H3/b34-16+. The van der Waals surface area contributed by atoms with Crippen molar-refractivity contribution < 1.29 is 27.8 Å². The lowest BCUT2D eigenvalue weighted by Gasteiger charge is -2.30. The third kappa shape index (κ3) is 6.72. The van der Waals surface area contributed by atoms with Crippen LogP contribution in [0.4, 0.5) is 13.6 Å². The summed E-state index contributed by atoms with van der Waals surface area (Å²) in [6, 6.07) is 12.2. The van der Waals surface area contributed by atoms with Crippen molar-refractivity contribution in [1.29, 1.82) is 5.26 Å². The van der Waals surface area contributed by atoms with Gasteiger partial charge in [-0.3, -0.25) is 4.79 Å². The molecule has 1 aliphatic rings. The van der Waals surface area contributed by atoms with E-state index in [2.05, 4.69) is 4.99 Å². The smallest absolute Gasteiger partial charge is 0.433 e. The van der Waals surface area contributed by atoms with E-state index in [1.165, 1.54) is 42.7 Å². The maximum absolute atomic E-state index is 14.6. The van der Waals surface area contributed by atoms with E-state index in [9.17, 15) is 18.4 Å². The van der Waals surface area contributed by atoms with Crippen LogP contribution in [0, 0.1) is 28.9 Å². The first kappa shape index (κ1) is 28.9. The number of halogens is 2. The van der Waals surface area contributed by atoms with Crippen LogP contribution < -0.4 is 4.74 Å². The Kier molecular flexibility index (Phi) is 8.64. The predicted octanol–water partition coefficient (Wildman–Crippen LogP) is 7.10. The molecule has 1 aromatic heterocycles. The quantitative estimate of drug-likeness (QED) is 0.308. The van der Waals surface area contributed by atoms with Gasteiger partial charge in [0.2, 0.25) is 0 Å². The number of ether oxygens (including phenoxy) is 2. The topological polar surface area (TPSA) is 92.0 Å². The van der Waals surface area contributed by atoms with Crippen LogP contribution in [0.25, 0.3) is 21.6 Å². The molecule has 0 bridgehead atoms. The van der Waals surface area contributed by atoms with Gasteiger partial charge < -0.3 is 14.4 Å². The number of rotatable bonds is 5. The minimum atomic E-state index is -0.686. The Morgan fingerprint density at radius 2 is 1.85 bits per heavy atom. The Labute approximate surface area is 235 Å². The van der Waals surface area contributed by atoms with Crippen molar-refractivity contribution in [3.63, 3.8) is 0 Å². The summed E-state index contributed by atoms with van der Waals surface area (Å²) in [6.45, 7) is 6.18. The average molecular weight is 566 g/mol. The lowest BCUT2D eigenvalue weighted by atomic mass is 9.98. The molecule has 1 aliphatic heterocycles. The van der Waals surface area contributed by atoms with E-state index in [0.717, 1.165) is 12.8 Å². The number of likely N-dealkylation sites (tertiary alicyclic amines) is 1. The third-order valence-electron chi connectivity index (χ3n) is 6.29. The largest absolute Gasteiger partial charge is 0.494 e. The van der Waals surface area contributed by atoms with Crippen LogP contribution in [0.15, 0.2) is 47.5 Å². The Balaban J connectivity index is 1.65. The molecule has 2 heterocycles. The first-order chi connectivity index (χ1) is 19.0. The fourth-order valence-electron chi connectivity index (χ4n) is 4.43. The molecule has 1 fully saturated rings. The lowest BCUT2D eigenvalue weighted by Crippen LogP contribution is -2.40. The zero-order chi connectivity index (χ0) is 29.0. The van der Waals surface area contributed by atoms with Crippen LogP contribution in [0.1, 0.15) is 48.8 Å². The van der Waals surface area contributed by atoms with Crippen molar-refractivity contribution in [3.05, 3.63) is 64.5 Å². The van der Waals surface area contributed by atoms with Crippen molar-refractivity contribution >= 4 is 29.6 Å². The van der Waals surface area contributed by atoms with E-state index in [1.54, 1.807) is 56.2 Å². The number of hydrogen-bond donors (Lipinski definition) is 0. The molecule has 3 aromatic rings. The summed E-state index contributed by atoms with van der Waals surface area (Å²) in [6.07, 6.45) is 2.36. The fourth-order valence-corrected chi connectivity index (χ4v) is 5.58. The average Bonchev–Trinajstić information content (AvgIpc) is 3.36. The van der Waals surface area contributed by atoms with E-state index < -0.39 is 23.3 Å². The highest BCUT2D eigenvalue weighted by Gasteiger charge is 2.27. The van der Waals surface area contributed by atoms with E-state index in [1.807, 2.05) is 0 Å². The number of carbonyl (C=O) groups is 2. The predicted molar refractivity (Wildman–Crippen MR) is 150 cm³/mol. The normalized spacial score (nSPS) is 15.6. The minimum absolute atomic E-state index is 0.0787. The Bertz CT molecular complexity index is 1500. The number of nitriles is 1. The van der Waals surface area contributed by atoms with Crippen LogP contribution in [0.2, 0.25) is 0 Å². The molecule has 0 aliphatic carbocycles. The zero-order valence-corrected chi connectivity index (χ0v) is 23.5. The minimum Gasteiger partial charge on any atom is -0.494 e. The van der Waals surface area contributed by atoms with Crippen LogP contribution in [-0.4, -0.2) is 48.9 Å². The lowest BCUT2D eigenvalue weighted by molar-refractivity contribution is 0.0604. The van der Waals surface area contributed by atoms with E-state index >= 15 is 0 Å². The molecule has 1 atom stereocenters. The van der Waals surface area contributed by atoms with Gasteiger partial charge in [-0.05, 0) is 81.1 Å². The summed E-state index contributed by atoms with van der Waals surface area (Å²) in [4.78, 5) is 32.2. The molecule has 4 rings (SSSR count). The molecule has 10 heteroatoms. The van der Waals surface area contributed by atoms with Gasteiger partial charge in [-0.25, -0.2) is 13.6 Å². The van der Waals surface area contributed by atoms with Gasteiger partial charge in [0.15, 0.2) is 11.6 Å². The highest BCUT2D eigenvalue weighted by Crippen LogP contribution is 2.41. The zero-order valence-electron chi connectivity index (χ0n) is 22.7. The number of hydrogen-bond acceptors (Lipinski definition) is 6. The van der Waals surface area contributed by atoms with Gasteiger partial charge in [0.25, 0.3) is 5.91 Å². The number of piperidine rings is 1. The van der Waals surface area contributed by atoms with Crippen molar-refractivity contribution in [3.8, 4) is 33.4 Å². The molecule has 40 heavy (non-hydrogen) atoms. The first-order valence-electron chi connectivity index (χ1n) is 12.7. The monoisotopic (exact) mass is 565 g/mol. The number of nitrogens with zero attached hydrogens (tertiary/aromatic N) is 3. The summed E-state index contributed by atoms with van der Waals surface area (Å²) < 4.78 is 39.4.